The summed E-state index contributed by atoms with van der Waals surface area (Å²) in [4.78, 5) is 11.3. The zero-order chi connectivity index (χ0) is 13.1. The van der Waals surface area contributed by atoms with E-state index in [1.807, 2.05) is 0 Å². The third kappa shape index (κ3) is 10.3. The first-order valence-electron chi connectivity index (χ1n) is 6.71. The summed E-state index contributed by atoms with van der Waals surface area (Å²) in [7, 11) is 0. The molecule has 0 radical (unpaired) electrons. The van der Waals surface area contributed by atoms with Gasteiger partial charge in [0.05, 0.1) is 0 Å². The SMILES string of the molecule is CCCCCCCCCC(=O)OC(N)C(C)O. The van der Waals surface area contributed by atoms with Gasteiger partial charge in [-0.2, -0.15) is 0 Å². The van der Waals surface area contributed by atoms with Gasteiger partial charge < -0.3 is 9.84 Å². The minimum atomic E-state index is -0.896. The Morgan fingerprint density at radius 2 is 1.71 bits per heavy atom. The van der Waals surface area contributed by atoms with Crippen LogP contribution in [0.25, 0.3) is 0 Å². The molecule has 0 aromatic carbocycles. The summed E-state index contributed by atoms with van der Waals surface area (Å²) in [6, 6.07) is 0. The lowest BCUT2D eigenvalue weighted by Crippen LogP contribution is -2.37. The minimum absolute atomic E-state index is 0.313. The number of carbonyl (C=O) groups is 1. The van der Waals surface area contributed by atoms with E-state index in [1.54, 1.807) is 0 Å². The van der Waals surface area contributed by atoms with Gasteiger partial charge in [0.15, 0.2) is 6.23 Å². The molecular weight excluding hydrogens is 218 g/mol. The molecule has 0 heterocycles. The molecule has 0 aromatic rings. The smallest absolute Gasteiger partial charge is 0.307 e. The Bertz CT molecular complexity index is 195. The molecule has 3 N–H and O–H groups in total. The highest BCUT2D eigenvalue weighted by molar-refractivity contribution is 5.69. The Morgan fingerprint density at radius 1 is 1.18 bits per heavy atom. The van der Waals surface area contributed by atoms with Gasteiger partial charge in [0.2, 0.25) is 0 Å². The van der Waals surface area contributed by atoms with E-state index < -0.39 is 12.3 Å². The first kappa shape index (κ1) is 16.4. The Morgan fingerprint density at radius 3 is 2.24 bits per heavy atom. The molecule has 0 saturated carbocycles. The summed E-state index contributed by atoms with van der Waals surface area (Å²) < 4.78 is 4.85. The van der Waals surface area contributed by atoms with Gasteiger partial charge in [-0.25, -0.2) is 0 Å². The van der Waals surface area contributed by atoms with Crippen molar-refractivity contribution in [1.29, 1.82) is 0 Å². The molecule has 4 nitrogen and oxygen atoms in total. The second-order valence-electron chi connectivity index (χ2n) is 4.57. The third-order valence-electron chi connectivity index (χ3n) is 2.73. The standard InChI is InChI=1S/C13H27NO3/c1-3-4-5-6-7-8-9-10-12(16)17-13(14)11(2)15/h11,13,15H,3-10,14H2,1-2H3. The van der Waals surface area contributed by atoms with Crippen molar-refractivity contribution in [2.24, 2.45) is 5.73 Å². The molecule has 0 aliphatic carbocycles. The van der Waals surface area contributed by atoms with Crippen LogP contribution in [-0.4, -0.2) is 23.4 Å². The molecule has 0 rings (SSSR count). The molecule has 2 unspecified atom stereocenters. The van der Waals surface area contributed by atoms with E-state index in [1.165, 1.54) is 39.0 Å². The van der Waals surface area contributed by atoms with Crippen molar-refractivity contribution in [3.63, 3.8) is 0 Å². The molecule has 0 saturated heterocycles. The van der Waals surface area contributed by atoms with Gasteiger partial charge in [0, 0.05) is 6.42 Å². The highest BCUT2D eigenvalue weighted by Gasteiger charge is 2.13. The van der Waals surface area contributed by atoms with E-state index >= 15 is 0 Å². The lowest BCUT2D eigenvalue weighted by molar-refractivity contribution is -0.154. The maximum atomic E-state index is 11.3. The molecule has 0 fully saturated rings. The predicted octanol–water partition coefficient (Wildman–Crippen LogP) is 2.34. The zero-order valence-electron chi connectivity index (χ0n) is 11.2. The molecule has 0 spiro atoms. The fourth-order valence-electron chi connectivity index (χ4n) is 1.54. The Kier molecular flexibility index (Phi) is 10.2. The number of aliphatic hydroxyl groups is 1. The van der Waals surface area contributed by atoms with Gasteiger partial charge >= 0.3 is 5.97 Å². The number of ether oxygens (including phenoxy) is 1. The fraction of sp³-hybridized carbons (Fsp3) is 0.923. The van der Waals surface area contributed by atoms with E-state index in [4.69, 9.17) is 15.6 Å². The topological polar surface area (TPSA) is 72.5 Å². The number of esters is 1. The van der Waals surface area contributed by atoms with E-state index in [9.17, 15) is 4.79 Å². The molecule has 4 heteroatoms. The van der Waals surface area contributed by atoms with Gasteiger partial charge in [-0.15, -0.1) is 0 Å². The molecular formula is C13H27NO3. The van der Waals surface area contributed by atoms with Crippen LogP contribution in [-0.2, 0) is 9.53 Å². The van der Waals surface area contributed by atoms with Gasteiger partial charge in [0.1, 0.15) is 6.10 Å². The Balaban J connectivity index is 3.33. The molecule has 102 valence electrons. The Hall–Kier alpha value is -0.610. The van der Waals surface area contributed by atoms with Crippen LogP contribution in [0.1, 0.15) is 65.2 Å². The van der Waals surface area contributed by atoms with E-state index in [2.05, 4.69) is 6.92 Å². The van der Waals surface area contributed by atoms with E-state index in [0.717, 1.165) is 12.8 Å². The highest BCUT2D eigenvalue weighted by atomic mass is 16.6. The average molecular weight is 245 g/mol. The third-order valence-corrected chi connectivity index (χ3v) is 2.73. The van der Waals surface area contributed by atoms with Crippen molar-refractivity contribution in [2.45, 2.75) is 77.5 Å². The van der Waals surface area contributed by atoms with Gasteiger partial charge in [-0.1, -0.05) is 45.4 Å². The van der Waals surface area contributed by atoms with Crippen LogP contribution in [0, 0.1) is 0 Å². The summed E-state index contributed by atoms with van der Waals surface area (Å²) in [5.74, 6) is -0.313. The molecule has 0 bridgehead atoms. The summed E-state index contributed by atoms with van der Waals surface area (Å²) in [5.41, 5.74) is 5.41. The quantitative estimate of drug-likeness (QED) is 0.352. The van der Waals surface area contributed by atoms with Crippen LogP contribution in [0.3, 0.4) is 0 Å². The lowest BCUT2D eigenvalue weighted by Gasteiger charge is -2.15. The van der Waals surface area contributed by atoms with Gasteiger partial charge in [-0.05, 0) is 13.3 Å². The Labute approximate surface area is 105 Å². The van der Waals surface area contributed by atoms with Crippen molar-refractivity contribution >= 4 is 5.97 Å². The fourth-order valence-corrected chi connectivity index (χ4v) is 1.54. The van der Waals surface area contributed by atoms with E-state index in [0.29, 0.717) is 6.42 Å². The van der Waals surface area contributed by atoms with Crippen molar-refractivity contribution in [1.82, 2.24) is 0 Å². The molecule has 0 amide bonds. The molecule has 0 aromatic heterocycles. The normalized spacial score (nSPS) is 14.4. The largest absolute Gasteiger partial charge is 0.444 e. The first-order valence-corrected chi connectivity index (χ1v) is 6.71. The van der Waals surface area contributed by atoms with Crippen molar-refractivity contribution in [3.05, 3.63) is 0 Å². The monoisotopic (exact) mass is 245 g/mol. The predicted molar refractivity (Wildman–Crippen MR) is 68.4 cm³/mol. The second kappa shape index (κ2) is 10.5. The summed E-state index contributed by atoms with van der Waals surface area (Å²) >= 11 is 0. The van der Waals surface area contributed by atoms with Gasteiger partial charge in [-0.3, -0.25) is 10.5 Å². The van der Waals surface area contributed by atoms with Crippen molar-refractivity contribution < 1.29 is 14.6 Å². The lowest BCUT2D eigenvalue weighted by atomic mass is 10.1. The average Bonchev–Trinajstić information content (AvgIpc) is 2.27. The van der Waals surface area contributed by atoms with Crippen LogP contribution < -0.4 is 5.73 Å². The van der Waals surface area contributed by atoms with Crippen LogP contribution in [0.5, 0.6) is 0 Å². The maximum Gasteiger partial charge on any atom is 0.307 e. The molecule has 0 aliphatic heterocycles. The highest BCUT2D eigenvalue weighted by Crippen LogP contribution is 2.09. The summed E-state index contributed by atoms with van der Waals surface area (Å²) in [6.45, 7) is 3.70. The number of hydrogen-bond acceptors (Lipinski definition) is 4. The zero-order valence-corrected chi connectivity index (χ0v) is 11.2. The molecule has 0 aliphatic rings. The molecule has 2 atom stereocenters. The van der Waals surface area contributed by atoms with Crippen molar-refractivity contribution in [2.75, 3.05) is 0 Å². The van der Waals surface area contributed by atoms with Gasteiger partial charge in [0.25, 0.3) is 0 Å². The number of unbranched alkanes of at least 4 members (excludes halogenated alkanes) is 6. The number of rotatable bonds is 10. The van der Waals surface area contributed by atoms with Crippen LogP contribution in [0.15, 0.2) is 0 Å². The number of aliphatic hydroxyl groups excluding tert-OH is 1. The van der Waals surface area contributed by atoms with Crippen molar-refractivity contribution in [3.8, 4) is 0 Å². The van der Waals surface area contributed by atoms with Crippen LogP contribution in [0.4, 0.5) is 0 Å². The summed E-state index contributed by atoms with van der Waals surface area (Å²) in [5, 5.41) is 9.06. The van der Waals surface area contributed by atoms with Crippen LogP contribution in [0.2, 0.25) is 0 Å². The molecule has 17 heavy (non-hydrogen) atoms. The first-order chi connectivity index (χ1) is 8.07. The van der Waals surface area contributed by atoms with Crippen LogP contribution >= 0.6 is 0 Å². The number of hydrogen-bond donors (Lipinski definition) is 2. The van der Waals surface area contributed by atoms with E-state index in [-0.39, 0.29) is 5.97 Å². The maximum absolute atomic E-state index is 11.3. The second-order valence-corrected chi connectivity index (χ2v) is 4.57. The summed E-state index contributed by atoms with van der Waals surface area (Å²) in [6.07, 6.45) is 6.85. The number of carbonyl (C=O) groups excluding carboxylic acids is 1. The minimum Gasteiger partial charge on any atom is -0.444 e. The number of nitrogens with two attached hydrogens (primary N) is 1.